The van der Waals surface area contributed by atoms with E-state index >= 15 is 0 Å². The van der Waals surface area contributed by atoms with Crippen LogP contribution in [-0.2, 0) is 9.53 Å². The average Bonchev–Trinajstić information content (AvgIpc) is 3.24. The highest BCUT2D eigenvalue weighted by molar-refractivity contribution is 5.96. The molecule has 0 saturated carbocycles. The lowest BCUT2D eigenvalue weighted by Crippen LogP contribution is -2.51. The molecule has 6 nitrogen and oxygen atoms in total. The van der Waals surface area contributed by atoms with E-state index in [1.54, 1.807) is 4.90 Å². The molecule has 3 fully saturated rings. The summed E-state index contributed by atoms with van der Waals surface area (Å²) < 4.78 is 39.1. The normalized spacial score (nSPS) is 29.5. The molecule has 27 heavy (non-hydrogen) atoms. The molecule has 0 bridgehead atoms. The number of likely N-dealkylation sites (tertiary alicyclic amines) is 1. The number of hydrogen-bond acceptors (Lipinski definition) is 4. The van der Waals surface area contributed by atoms with Crippen molar-refractivity contribution in [1.29, 1.82) is 0 Å². The molecule has 0 aliphatic carbocycles. The summed E-state index contributed by atoms with van der Waals surface area (Å²) in [6, 6.07) is 1.62. The van der Waals surface area contributed by atoms with Gasteiger partial charge in [0.15, 0.2) is 23.1 Å². The van der Waals surface area contributed by atoms with E-state index in [4.69, 9.17) is 9.47 Å². The van der Waals surface area contributed by atoms with E-state index in [-0.39, 0.29) is 29.9 Å². The Hall–Kier alpha value is -2.22. The first-order chi connectivity index (χ1) is 12.8. The standard InChI is InChI=1S/C19H22F2N2O4/c1-10(2)13-9-27-19-6-7-22(14(19)8-15(24)23(13)19)18(25)11-4-5-12(20)17(26-3)16(11)21/h4-5,10,13-14H,6-9H2,1-3H3/t13-,14+,19-/m0/s1. The summed E-state index contributed by atoms with van der Waals surface area (Å²) >= 11 is 0. The number of carbonyl (C=O) groups excluding carboxylic acids is 2. The van der Waals surface area contributed by atoms with Crippen LogP contribution in [0.4, 0.5) is 8.78 Å². The fourth-order valence-corrected chi connectivity index (χ4v) is 4.65. The summed E-state index contributed by atoms with van der Waals surface area (Å²) in [4.78, 5) is 29.0. The molecule has 0 N–H and O–H groups in total. The number of halogens is 2. The molecule has 0 aromatic heterocycles. The van der Waals surface area contributed by atoms with Crippen molar-refractivity contribution >= 4 is 11.8 Å². The molecule has 3 atom stereocenters. The fraction of sp³-hybridized carbons (Fsp3) is 0.579. The predicted octanol–water partition coefficient (Wildman–Crippen LogP) is 2.17. The molecule has 146 valence electrons. The number of rotatable bonds is 3. The molecule has 3 aliphatic heterocycles. The van der Waals surface area contributed by atoms with Gasteiger partial charge in [-0.3, -0.25) is 9.59 Å². The van der Waals surface area contributed by atoms with Crippen LogP contribution in [0, 0.1) is 17.6 Å². The zero-order valence-corrected chi connectivity index (χ0v) is 15.5. The first kappa shape index (κ1) is 18.2. The lowest BCUT2D eigenvalue weighted by atomic mass is 10.0. The number of ether oxygens (including phenoxy) is 2. The minimum absolute atomic E-state index is 0.0276. The molecular weight excluding hydrogens is 358 g/mol. The van der Waals surface area contributed by atoms with Gasteiger partial charge in [0, 0.05) is 13.0 Å². The van der Waals surface area contributed by atoms with Gasteiger partial charge in [0.1, 0.15) is 0 Å². The average molecular weight is 380 g/mol. The van der Waals surface area contributed by atoms with Gasteiger partial charge < -0.3 is 19.3 Å². The third kappa shape index (κ3) is 2.38. The third-order valence-corrected chi connectivity index (χ3v) is 6.00. The molecule has 3 aliphatic rings. The van der Waals surface area contributed by atoms with Crippen molar-refractivity contribution in [3.05, 3.63) is 29.3 Å². The van der Waals surface area contributed by atoms with Crippen molar-refractivity contribution < 1.29 is 27.8 Å². The highest BCUT2D eigenvalue weighted by atomic mass is 19.1. The van der Waals surface area contributed by atoms with Crippen LogP contribution in [0.15, 0.2) is 12.1 Å². The maximum absolute atomic E-state index is 14.6. The molecule has 1 spiro atoms. The second-order valence-electron chi connectivity index (χ2n) is 7.64. The fourth-order valence-electron chi connectivity index (χ4n) is 4.65. The quantitative estimate of drug-likeness (QED) is 0.807. The monoisotopic (exact) mass is 380 g/mol. The Kier molecular flexibility index (Phi) is 4.14. The largest absolute Gasteiger partial charge is 0.491 e. The van der Waals surface area contributed by atoms with Crippen LogP contribution < -0.4 is 4.74 Å². The number of nitrogens with zero attached hydrogens (tertiary/aromatic N) is 2. The Balaban J connectivity index is 1.67. The number of methoxy groups -OCH3 is 1. The molecule has 3 heterocycles. The van der Waals surface area contributed by atoms with Crippen molar-refractivity contribution in [2.45, 2.75) is 44.5 Å². The summed E-state index contributed by atoms with van der Waals surface area (Å²) in [6.07, 6.45) is 0.632. The molecule has 0 radical (unpaired) electrons. The van der Waals surface area contributed by atoms with Gasteiger partial charge >= 0.3 is 0 Å². The van der Waals surface area contributed by atoms with Gasteiger partial charge in [0.05, 0.1) is 37.8 Å². The van der Waals surface area contributed by atoms with Crippen molar-refractivity contribution in [2.24, 2.45) is 5.92 Å². The molecular formula is C19H22F2N2O4. The summed E-state index contributed by atoms with van der Waals surface area (Å²) in [5, 5.41) is 0. The second-order valence-corrected chi connectivity index (χ2v) is 7.64. The number of benzene rings is 1. The van der Waals surface area contributed by atoms with Gasteiger partial charge in [0.25, 0.3) is 5.91 Å². The van der Waals surface area contributed by atoms with Crippen LogP contribution in [-0.4, -0.2) is 59.7 Å². The van der Waals surface area contributed by atoms with E-state index in [1.165, 1.54) is 4.90 Å². The van der Waals surface area contributed by atoms with Gasteiger partial charge in [-0.05, 0) is 18.1 Å². The Morgan fingerprint density at radius 1 is 1.37 bits per heavy atom. The van der Waals surface area contributed by atoms with Crippen LogP contribution in [0.25, 0.3) is 0 Å². The minimum Gasteiger partial charge on any atom is -0.491 e. The number of carbonyl (C=O) groups is 2. The lowest BCUT2D eigenvalue weighted by molar-refractivity contribution is -0.139. The topological polar surface area (TPSA) is 59.1 Å². The van der Waals surface area contributed by atoms with Crippen molar-refractivity contribution in [2.75, 3.05) is 20.3 Å². The van der Waals surface area contributed by atoms with Crippen LogP contribution in [0.5, 0.6) is 5.75 Å². The first-order valence-corrected chi connectivity index (χ1v) is 9.11. The van der Waals surface area contributed by atoms with E-state index in [1.807, 2.05) is 13.8 Å². The highest BCUT2D eigenvalue weighted by Gasteiger charge is 2.65. The van der Waals surface area contributed by atoms with Gasteiger partial charge in [-0.1, -0.05) is 13.8 Å². The third-order valence-electron chi connectivity index (χ3n) is 6.00. The summed E-state index contributed by atoms with van der Waals surface area (Å²) in [5.41, 5.74) is -1.10. The molecule has 0 unspecified atom stereocenters. The van der Waals surface area contributed by atoms with Crippen LogP contribution in [0.1, 0.15) is 37.0 Å². The van der Waals surface area contributed by atoms with Crippen molar-refractivity contribution in [3.63, 3.8) is 0 Å². The molecule has 8 heteroatoms. The summed E-state index contributed by atoms with van der Waals surface area (Å²) in [6.45, 7) is 4.84. The Bertz CT molecular complexity index is 815. The predicted molar refractivity (Wildman–Crippen MR) is 91.1 cm³/mol. The Morgan fingerprint density at radius 3 is 2.78 bits per heavy atom. The van der Waals surface area contributed by atoms with Crippen LogP contribution >= 0.6 is 0 Å². The van der Waals surface area contributed by atoms with E-state index in [0.29, 0.717) is 19.6 Å². The molecule has 3 saturated heterocycles. The van der Waals surface area contributed by atoms with Crippen LogP contribution in [0.3, 0.4) is 0 Å². The van der Waals surface area contributed by atoms with Crippen LogP contribution in [0.2, 0.25) is 0 Å². The lowest BCUT2D eigenvalue weighted by Gasteiger charge is -2.34. The van der Waals surface area contributed by atoms with E-state index in [0.717, 1.165) is 19.2 Å². The van der Waals surface area contributed by atoms with Crippen molar-refractivity contribution in [1.82, 2.24) is 9.80 Å². The SMILES string of the molecule is COc1c(F)ccc(C(=O)N2CC[C@@]34OC[C@@H](C(C)C)N3C(=O)C[C@@H]24)c1F. The van der Waals surface area contributed by atoms with E-state index in [9.17, 15) is 18.4 Å². The van der Waals surface area contributed by atoms with Gasteiger partial charge in [-0.25, -0.2) is 8.78 Å². The van der Waals surface area contributed by atoms with E-state index in [2.05, 4.69) is 0 Å². The highest BCUT2D eigenvalue weighted by Crippen LogP contribution is 2.49. The van der Waals surface area contributed by atoms with Crippen molar-refractivity contribution in [3.8, 4) is 5.75 Å². The number of hydrogen-bond donors (Lipinski definition) is 0. The van der Waals surface area contributed by atoms with E-state index < -0.39 is 35.1 Å². The zero-order chi connectivity index (χ0) is 19.5. The maximum atomic E-state index is 14.6. The second kappa shape index (κ2) is 6.15. The first-order valence-electron chi connectivity index (χ1n) is 9.11. The minimum atomic E-state index is -1.03. The molecule has 1 aromatic rings. The maximum Gasteiger partial charge on any atom is 0.257 e. The van der Waals surface area contributed by atoms with Gasteiger partial charge in [0.2, 0.25) is 5.91 Å². The molecule has 1 aromatic carbocycles. The summed E-state index contributed by atoms with van der Waals surface area (Å²) in [5.74, 6) is -2.89. The van der Waals surface area contributed by atoms with Gasteiger partial charge in [-0.2, -0.15) is 0 Å². The number of amides is 2. The summed E-state index contributed by atoms with van der Waals surface area (Å²) in [7, 11) is 1.15. The molecule has 4 rings (SSSR count). The zero-order valence-electron chi connectivity index (χ0n) is 15.5. The Morgan fingerprint density at radius 2 is 2.11 bits per heavy atom. The smallest absolute Gasteiger partial charge is 0.257 e. The Labute approximate surface area is 156 Å². The molecule has 2 amide bonds. The van der Waals surface area contributed by atoms with Gasteiger partial charge in [-0.15, -0.1) is 0 Å².